The molecule has 1 unspecified atom stereocenters. The quantitative estimate of drug-likeness (QED) is 0.775. The third-order valence-corrected chi connectivity index (χ3v) is 2.37. The van der Waals surface area contributed by atoms with Gasteiger partial charge in [-0.2, -0.15) is 0 Å². The van der Waals surface area contributed by atoms with Crippen molar-refractivity contribution in [2.45, 2.75) is 19.1 Å². The van der Waals surface area contributed by atoms with Crippen molar-refractivity contribution in [2.75, 3.05) is 20.8 Å². The number of hydrogen-bond acceptors (Lipinski definition) is 4. The summed E-state index contributed by atoms with van der Waals surface area (Å²) in [5, 5.41) is 0. The highest BCUT2D eigenvalue weighted by atomic mass is 16.5. The first kappa shape index (κ1) is 11.2. The van der Waals surface area contributed by atoms with Crippen LogP contribution >= 0.6 is 0 Å². The lowest BCUT2D eigenvalue weighted by Crippen LogP contribution is -2.34. The topological polar surface area (TPSA) is 57.6 Å². The lowest BCUT2D eigenvalue weighted by Gasteiger charge is -2.25. The second-order valence-corrected chi connectivity index (χ2v) is 3.35. The van der Waals surface area contributed by atoms with Crippen molar-refractivity contribution in [3.8, 4) is 0 Å². The highest BCUT2D eigenvalue weighted by molar-refractivity contribution is 5.22. The normalized spacial score (nSPS) is 15.4. The van der Waals surface area contributed by atoms with E-state index in [0.29, 0.717) is 13.2 Å². The van der Waals surface area contributed by atoms with Gasteiger partial charge in [0.1, 0.15) is 11.4 Å². The van der Waals surface area contributed by atoms with E-state index in [1.807, 2.05) is 13.0 Å². The Morgan fingerprint density at radius 3 is 2.71 bits per heavy atom. The molecule has 1 aromatic heterocycles. The Hall–Kier alpha value is -0.840. The highest BCUT2D eigenvalue weighted by Crippen LogP contribution is 2.27. The summed E-state index contributed by atoms with van der Waals surface area (Å²) in [7, 11) is 3.26. The minimum absolute atomic E-state index is 0.369. The Morgan fingerprint density at radius 1 is 1.50 bits per heavy atom. The summed E-state index contributed by atoms with van der Waals surface area (Å²) in [5.41, 5.74) is 6.05. The zero-order valence-corrected chi connectivity index (χ0v) is 8.87. The Kier molecular flexibility index (Phi) is 3.69. The molecule has 0 bridgehead atoms. The minimum atomic E-state index is -0.572. The molecule has 2 N–H and O–H groups in total. The van der Waals surface area contributed by atoms with E-state index in [1.165, 1.54) is 0 Å². The van der Waals surface area contributed by atoms with E-state index in [4.69, 9.17) is 19.6 Å². The monoisotopic (exact) mass is 199 g/mol. The molecule has 0 aromatic carbocycles. The number of hydrogen-bond donors (Lipinski definition) is 1. The fourth-order valence-electron chi connectivity index (χ4n) is 1.34. The van der Waals surface area contributed by atoms with Gasteiger partial charge in [-0.25, -0.2) is 0 Å². The fraction of sp³-hybridized carbons (Fsp3) is 0.600. The average Bonchev–Trinajstić information content (AvgIpc) is 2.66. The second kappa shape index (κ2) is 4.59. The van der Waals surface area contributed by atoms with Gasteiger partial charge in [-0.15, -0.1) is 0 Å². The van der Waals surface area contributed by atoms with Crippen molar-refractivity contribution in [3.63, 3.8) is 0 Å². The van der Waals surface area contributed by atoms with Crippen LogP contribution in [0.1, 0.15) is 18.2 Å². The molecular weight excluding hydrogens is 182 g/mol. The Morgan fingerprint density at radius 2 is 2.21 bits per heavy atom. The highest BCUT2D eigenvalue weighted by Gasteiger charge is 2.30. The molecule has 14 heavy (non-hydrogen) atoms. The van der Waals surface area contributed by atoms with Gasteiger partial charge in [0.2, 0.25) is 0 Å². The van der Waals surface area contributed by atoms with Crippen LogP contribution < -0.4 is 5.73 Å². The molecule has 0 spiro atoms. The van der Waals surface area contributed by atoms with E-state index in [2.05, 4.69) is 0 Å². The first-order valence-corrected chi connectivity index (χ1v) is 4.49. The van der Waals surface area contributed by atoms with Crippen molar-refractivity contribution < 1.29 is 13.9 Å². The van der Waals surface area contributed by atoms with Gasteiger partial charge in [0.25, 0.3) is 0 Å². The number of nitrogens with two attached hydrogens (primary N) is 1. The maximum Gasteiger partial charge on any atom is 0.142 e. The number of methoxy groups -OCH3 is 2. The van der Waals surface area contributed by atoms with Gasteiger partial charge in [-0.3, -0.25) is 0 Å². The second-order valence-electron chi connectivity index (χ2n) is 3.35. The van der Waals surface area contributed by atoms with Gasteiger partial charge >= 0.3 is 0 Å². The number of rotatable bonds is 5. The maximum absolute atomic E-state index is 5.65. The molecule has 0 aliphatic carbocycles. The van der Waals surface area contributed by atoms with Gasteiger partial charge in [-0.05, 0) is 13.0 Å². The molecule has 1 atom stereocenters. The SMILES string of the molecule is COCc1ccoc1C(C)(CN)OC. The van der Waals surface area contributed by atoms with E-state index < -0.39 is 5.60 Å². The van der Waals surface area contributed by atoms with Crippen LogP contribution in [0.4, 0.5) is 0 Å². The summed E-state index contributed by atoms with van der Waals surface area (Å²) in [4.78, 5) is 0. The lowest BCUT2D eigenvalue weighted by atomic mass is 10.00. The van der Waals surface area contributed by atoms with Crippen LogP contribution in [0, 0.1) is 0 Å². The third-order valence-electron chi connectivity index (χ3n) is 2.37. The van der Waals surface area contributed by atoms with E-state index in [1.54, 1.807) is 20.5 Å². The van der Waals surface area contributed by atoms with Gasteiger partial charge < -0.3 is 19.6 Å². The van der Waals surface area contributed by atoms with Crippen LogP contribution in [-0.4, -0.2) is 20.8 Å². The Balaban J connectivity index is 2.97. The smallest absolute Gasteiger partial charge is 0.142 e. The summed E-state index contributed by atoms with van der Waals surface area (Å²) in [6, 6.07) is 1.87. The van der Waals surface area contributed by atoms with E-state index >= 15 is 0 Å². The summed E-state index contributed by atoms with van der Waals surface area (Å²) >= 11 is 0. The summed E-state index contributed by atoms with van der Waals surface area (Å²) < 4.78 is 15.8. The largest absolute Gasteiger partial charge is 0.466 e. The first-order chi connectivity index (χ1) is 6.68. The van der Waals surface area contributed by atoms with Crippen LogP contribution in [-0.2, 0) is 21.7 Å². The molecule has 0 aliphatic heterocycles. The van der Waals surface area contributed by atoms with Crippen molar-refractivity contribution in [3.05, 3.63) is 23.7 Å². The molecule has 0 amide bonds. The number of furan rings is 1. The van der Waals surface area contributed by atoms with Gasteiger partial charge in [0.15, 0.2) is 0 Å². The van der Waals surface area contributed by atoms with E-state index in [0.717, 1.165) is 11.3 Å². The van der Waals surface area contributed by atoms with Gasteiger partial charge in [0.05, 0.1) is 12.9 Å². The molecule has 4 heteroatoms. The standard InChI is InChI=1S/C10H17NO3/c1-10(7-11,13-3)9-8(6-12-2)4-5-14-9/h4-5H,6-7,11H2,1-3H3. The molecule has 1 aromatic rings. The van der Waals surface area contributed by atoms with E-state index in [9.17, 15) is 0 Å². The molecule has 1 rings (SSSR count). The molecule has 0 saturated heterocycles. The third kappa shape index (κ3) is 1.97. The average molecular weight is 199 g/mol. The Labute approximate surface area is 84.0 Å². The molecule has 1 heterocycles. The summed E-state index contributed by atoms with van der Waals surface area (Å²) in [6.07, 6.45) is 1.62. The van der Waals surface area contributed by atoms with Crippen LogP contribution in [0.3, 0.4) is 0 Å². The van der Waals surface area contributed by atoms with Crippen molar-refractivity contribution in [2.24, 2.45) is 5.73 Å². The predicted molar refractivity (Wildman–Crippen MR) is 52.8 cm³/mol. The minimum Gasteiger partial charge on any atom is -0.466 e. The zero-order valence-electron chi connectivity index (χ0n) is 8.87. The van der Waals surface area contributed by atoms with Gasteiger partial charge in [-0.1, -0.05) is 0 Å². The maximum atomic E-state index is 5.65. The molecule has 0 radical (unpaired) electrons. The summed E-state index contributed by atoms with van der Waals surface area (Å²) in [6.45, 7) is 2.77. The molecule has 0 saturated carbocycles. The predicted octanol–water partition coefficient (Wildman–Crippen LogP) is 1.25. The van der Waals surface area contributed by atoms with E-state index in [-0.39, 0.29) is 0 Å². The molecule has 80 valence electrons. The van der Waals surface area contributed by atoms with Crippen molar-refractivity contribution in [1.29, 1.82) is 0 Å². The molecule has 4 nitrogen and oxygen atoms in total. The fourth-order valence-corrected chi connectivity index (χ4v) is 1.34. The summed E-state index contributed by atoms with van der Waals surface area (Å²) in [5.74, 6) is 0.740. The molecule has 0 fully saturated rings. The van der Waals surface area contributed by atoms with Crippen molar-refractivity contribution >= 4 is 0 Å². The Bertz CT molecular complexity index is 279. The van der Waals surface area contributed by atoms with Gasteiger partial charge in [0, 0.05) is 26.3 Å². The van der Waals surface area contributed by atoms with Crippen LogP contribution in [0.25, 0.3) is 0 Å². The van der Waals surface area contributed by atoms with Crippen LogP contribution in [0.15, 0.2) is 16.7 Å². The van der Waals surface area contributed by atoms with Crippen molar-refractivity contribution in [1.82, 2.24) is 0 Å². The number of ether oxygens (including phenoxy) is 2. The van der Waals surface area contributed by atoms with Crippen LogP contribution in [0.2, 0.25) is 0 Å². The lowest BCUT2D eigenvalue weighted by molar-refractivity contribution is -0.0101. The van der Waals surface area contributed by atoms with Crippen LogP contribution in [0.5, 0.6) is 0 Å². The zero-order chi connectivity index (χ0) is 10.6. The first-order valence-electron chi connectivity index (χ1n) is 4.49. The molecular formula is C10H17NO3. The molecule has 0 aliphatic rings.